The van der Waals surface area contributed by atoms with Crippen LogP contribution in [-0.4, -0.2) is 30.8 Å². The van der Waals surface area contributed by atoms with Gasteiger partial charge in [0.15, 0.2) is 5.78 Å². The third-order valence-corrected chi connectivity index (χ3v) is 3.77. The summed E-state index contributed by atoms with van der Waals surface area (Å²) in [7, 11) is 0. The number of ketones is 1. The lowest BCUT2D eigenvalue weighted by Crippen LogP contribution is -2.44. The molecular weight excluding hydrogens is 252 g/mol. The van der Waals surface area contributed by atoms with Crippen molar-refractivity contribution in [2.24, 2.45) is 0 Å². The van der Waals surface area contributed by atoms with E-state index in [2.05, 4.69) is 10.2 Å². The molecule has 4 nitrogen and oxygen atoms in total. The van der Waals surface area contributed by atoms with Gasteiger partial charge in [-0.25, -0.2) is 0 Å². The van der Waals surface area contributed by atoms with Crippen molar-refractivity contribution in [2.75, 3.05) is 18.0 Å². The summed E-state index contributed by atoms with van der Waals surface area (Å²) >= 11 is 0. The van der Waals surface area contributed by atoms with E-state index >= 15 is 0 Å². The highest BCUT2D eigenvalue weighted by molar-refractivity contribution is 6.01. The Labute approximate surface area is 120 Å². The maximum absolute atomic E-state index is 12.0. The van der Waals surface area contributed by atoms with Gasteiger partial charge < -0.3 is 10.2 Å². The van der Waals surface area contributed by atoms with Crippen molar-refractivity contribution >= 4 is 17.4 Å². The number of nitrogens with one attached hydrogen (secondary N) is 1. The highest BCUT2D eigenvalue weighted by Crippen LogP contribution is 2.25. The second kappa shape index (κ2) is 6.55. The number of piperidine rings is 1. The van der Waals surface area contributed by atoms with Gasteiger partial charge in [-0.2, -0.15) is 0 Å². The molecule has 0 radical (unpaired) electrons. The predicted molar refractivity (Wildman–Crippen MR) is 80.1 cm³/mol. The zero-order valence-corrected chi connectivity index (χ0v) is 12.2. The van der Waals surface area contributed by atoms with Crippen molar-refractivity contribution in [3.63, 3.8) is 0 Å². The monoisotopic (exact) mass is 274 g/mol. The zero-order chi connectivity index (χ0) is 14.5. The molecule has 1 N–H and O–H groups in total. The summed E-state index contributed by atoms with van der Waals surface area (Å²) in [4.78, 5) is 25.3. The molecule has 1 aliphatic rings. The summed E-state index contributed by atoms with van der Waals surface area (Å²) in [6.45, 7) is 5.20. The number of carbonyl (C=O) groups excluding carboxylic acids is 2. The van der Waals surface area contributed by atoms with Crippen LogP contribution >= 0.6 is 0 Å². The Morgan fingerprint density at radius 3 is 2.50 bits per heavy atom. The summed E-state index contributed by atoms with van der Waals surface area (Å²) in [5, 5.41) is 2.97. The molecule has 4 heteroatoms. The van der Waals surface area contributed by atoms with Gasteiger partial charge in [-0.3, -0.25) is 9.59 Å². The number of benzene rings is 1. The molecule has 108 valence electrons. The average molecular weight is 274 g/mol. The fraction of sp³-hybridized carbons (Fsp3) is 0.500. The molecule has 1 heterocycles. The van der Waals surface area contributed by atoms with Crippen molar-refractivity contribution in [1.29, 1.82) is 0 Å². The number of anilines is 1. The van der Waals surface area contributed by atoms with E-state index in [1.807, 2.05) is 31.2 Å². The molecule has 0 unspecified atom stereocenters. The van der Waals surface area contributed by atoms with Crippen LogP contribution in [0.1, 0.15) is 43.5 Å². The van der Waals surface area contributed by atoms with Crippen LogP contribution in [0.2, 0.25) is 0 Å². The summed E-state index contributed by atoms with van der Waals surface area (Å²) in [5.41, 5.74) is 1.84. The molecule has 0 aliphatic carbocycles. The topological polar surface area (TPSA) is 49.4 Å². The molecule has 0 spiro atoms. The van der Waals surface area contributed by atoms with E-state index in [0.29, 0.717) is 6.42 Å². The summed E-state index contributed by atoms with van der Waals surface area (Å²) in [5.74, 6) is 0.217. The molecule has 1 saturated heterocycles. The summed E-state index contributed by atoms with van der Waals surface area (Å²) < 4.78 is 0. The van der Waals surface area contributed by atoms with E-state index in [1.54, 1.807) is 6.92 Å². The molecular formula is C16H22N2O2. The first-order valence-electron chi connectivity index (χ1n) is 7.26. The Morgan fingerprint density at radius 2 is 1.90 bits per heavy atom. The minimum atomic E-state index is 0.0324. The van der Waals surface area contributed by atoms with E-state index in [0.717, 1.165) is 37.2 Å². The van der Waals surface area contributed by atoms with Gasteiger partial charge in [0.25, 0.3) is 0 Å². The van der Waals surface area contributed by atoms with Crippen LogP contribution in [0, 0.1) is 0 Å². The number of hydrogen-bond donors (Lipinski definition) is 1. The van der Waals surface area contributed by atoms with Gasteiger partial charge in [0.2, 0.25) is 5.91 Å². The van der Waals surface area contributed by atoms with Crippen molar-refractivity contribution in [1.82, 2.24) is 5.32 Å². The van der Waals surface area contributed by atoms with E-state index in [1.165, 1.54) is 0 Å². The molecule has 1 aromatic rings. The van der Waals surface area contributed by atoms with E-state index in [9.17, 15) is 9.59 Å². The third kappa shape index (κ3) is 3.38. The van der Waals surface area contributed by atoms with E-state index in [4.69, 9.17) is 0 Å². The van der Waals surface area contributed by atoms with E-state index < -0.39 is 0 Å². The number of amides is 1. The van der Waals surface area contributed by atoms with Crippen LogP contribution in [0.4, 0.5) is 5.69 Å². The smallest absolute Gasteiger partial charge is 0.217 e. The van der Waals surface area contributed by atoms with Crippen molar-refractivity contribution in [3.8, 4) is 0 Å². The first-order chi connectivity index (χ1) is 9.61. The maximum atomic E-state index is 12.0. The Balaban J connectivity index is 2.07. The fourth-order valence-electron chi connectivity index (χ4n) is 2.73. The van der Waals surface area contributed by atoms with E-state index in [-0.39, 0.29) is 17.7 Å². The van der Waals surface area contributed by atoms with Crippen LogP contribution in [0.5, 0.6) is 0 Å². The first-order valence-corrected chi connectivity index (χ1v) is 7.26. The Hall–Kier alpha value is -1.84. The second-order valence-electron chi connectivity index (χ2n) is 5.26. The number of nitrogens with zero attached hydrogens (tertiary/aromatic N) is 1. The van der Waals surface area contributed by atoms with Gasteiger partial charge in [0.05, 0.1) is 0 Å². The van der Waals surface area contributed by atoms with Crippen LogP contribution in [0.25, 0.3) is 0 Å². The van der Waals surface area contributed by atoms with Gasteiger partial charge in [-0.15, -0.1) is 0 Å². The summed E-state index contributed by atoms with van der Waals surface area (Å²) in [6, 6.07) is 8.07. The molecule has 1 aromatic carbocycles. The standard InChI is InChI=1S/C16H22N2O2/c1-3-16(20)14-6-4-5-7-15(14)18-10-8-13(9-11-18)17-12(2)19/h4-7,13H,3,8-11H2,1-2H3,(H,17,19). The molecule has 2 rings (SSSR count). The van der Waals surface area contributed by atoms with Gasteiger partial charge in [-0.1, -0.05) is 19.1 Å². The third-order valence-electron chi connectivity index (χ3n) is 3.77. The average Bonchev–Trinajstić information content (AvgIpc) is 2.46. The molecule has 0 aromatic heterocycles. The molecule has 0 atom stereocenters. The first kappa shape index (κ1) is 14.6. The van der Waals surface area contributed by atoms with Crippen LogP contribution in [0.3, 0.4) is 0 Å². The lowest BCUT2D eigenvalue weighted by molar-refractivity contribution is -0.119. The normalized spacial score (nSPS) is 16.0. The maximum Gasteiger partial charge on any atom is 0.217 e. The van der Waals surface area contributed by atoms with Crippen molar-refractivity contribution in [2.45, 2.75) is 39.2 Å². The number of hydrogen-bond acceptors (Lipinski definition) is 3. The Bertz CT molecular complexity index is 491. The lowest BCUT2D eigenvalue weighted by atomic mass is 10.0. The molecule has 1 fully saturated rings. The Morgan fingerprint density at radius 1 is 1.25 bits per heavy atom. The van der Waals surface area contributed by atoms with Gasteiger partial charge in [0, 0.05) is 43.7 Å². The number of carbonyl (C=O) groups is 2. The molecule has 0 saturated carbocycles. The zero-order valence-electron chi connectivity index (χ0n) is 12.2. The molecule has 1 aliphatic heterocycles. The predicted octanol–water partition coefficient (Wildman–Crippen LogP) is 2.38. The minimum absolute atomic E-state index is 0.0324. The SMILES string of the molecule is CCC(=O)c1ccccc1N1CCC(NC(C)=O)CC1. The Kier molecular flexibility index (Phi) is 4.77. The largest absolute Gasteiger partial charge is 0.371 e. The summed E-state index contributed by atoms with van der Waals surface area (Å²) in [6.07, 6.45) is 2.38. The van der Waals surface area contributed by atoms with Crippen molar-refractivity contribution < 1.29 is 9.59 Å². The molecule has 0 bridgehead atoms. The molecule has 20 heavy (non-hydrogen) atoms. The highest BCUT2D eigenvalue weighted by atomic mass is 16.1. The van der Waals surface area contributed by atoms with Crippen LogP contribution < -0.4 is 10.2 Å². The number of rotatable bonds is 4. The fourth-order valence-corrected chi connectivity index (χ4v) is 2.73. The highest BCUT2D eigenvalue weighted by Gasteiger charge is 2.22. The molecule has 1 amide bonds. The van der Waals surface area contributed by atoms with Crippen LogP contribution in [0.15, 0.2) is 24.3 Å². The van der Waals surface area contributed by atoms with Gasteiger partial charge in [0.1, 0.15) is 0 Å². The van der Waals surface area contributed by atoms with Gasteiger partial charge >= 0.3 is 0 Å². The minimum Gasteiger partial charge on any atom is -0.371 e. The van der Waals surface area contributed by atoms with Crippen LogP contribution in [-0.2, 0) is 4.79 Å². The second-order valence-corrected chi connectivity index (χ2v) is 5.26. The van der Waals surface area contributed by atoms with Gasteiger partial charge in [-0.05, 0) is 25.0 Å². The number of Topliss-reactive ketones (excluding diaryl/α,β-unsaturated/α-hetero) is 1. The quantitative estimate of drug-likeness (QED) is 0.858. The van der Waals surface area contributed by atoms with Crippen molar-refractivity contribution in [3.05, 3.63) is 29.8 Å². The lowest BCUT2D eigenvalue weighted by Gasteiger charge is -2.34. The number of para-hydroxylation sites is 1.